The van der Waals surface area contributed by atoms with Gasteiger partial charge in [0.2, 0.25) is 0 Å². The molecule has 0 spiro atoms. The number of ether oxygens (including phenoxy) is 1. The van der Waals surface area contributed by atoms with Crippen LogP contribution in [0.1, 0.15) is 52.4 Å². The molecule has 170 valence electrons. The van der Waals surface area contributed by atoms with Crippen molar-refractivity contribution in [1.29, 1.82) is 0 Å². The average Bonchev–Trinajstić information content (AvgIpc) is 2.86. The Hall–Kier alpha value is -2.72. The van der Waals surface area contributed by atoms with E-state index in [1.54, 1.807) is 0 Å². The topological polar surface area (TPSA) is 35.5 Å². The molecule has 32 heavy (non-hydrogen) atoms. The van der Waals surface area contributed by atoms with Crippen LogP contribution in [0.25, 0.3) is 0 Å². The van der Waals surface area contributed by atoms with E-state index in [1.807, 2.05) is 91.9 Å². The quantitative estimate of drug-likeness (QED) is 0.261. The van der Waals surface area contributed by atoms with Gasteiger partial charge in [-0.25, -0.2) is 0 Å². The van der Waals surface area contributed by atoms with Crippen molar-refractivity contribution in [3.63, 3.8) is 0 Å². The van der Waals surface area contributed by atoms with Crippen molar-refractivity contribution in [1.82, 2.24) is 0 Å². The molecule has 0 N–H and O–H groups in total. The van der Waals surface area contributed by atoms with Gasteiger partial charge in [-0.05, 0) is 65.3 Å². The van der Waals surface area contributed by atoms with Gasteiger partial charge in [-0.15, -0.1) is 0 Å². The van der Waals surface area contributed by atoms with E-state index in [9.17, 15) is 4.79 Å². The molecule has 4 heteroatoms. The van der Waals surface area contributed by atoms with Crippen LogP contribution in [0.15, 0.2) is 99.6 Å². The second-order valence-corrected chi connectivity index (χ2v) is 10.4. The molecule has 0 amide bonds. The Balaban J connectivity index is 1.92. The highest BCUT2D eigenvalue weighted by Crippen LogP contribution is 2.69. The Morgan fingerprint density at radius 1 is 0.688 bits per heavy atom. The summed E-state index contributed by atoms with van der Waals surface area (Å²) < 4.78 is 12.3. The first-order valence-corrected chi connectivity index (χ1v) is 13.1. The fourth-order valence-electron chi connectivity index (χ4n) is 3.60. The number of carbonyl (C=O) groups excluding carboxylic acids is 1. The first kappa shape index (κ1) is 23.9. The van der Waals surface area contributed by atoms with Crippen LogP contribution < -0.4 is 4.74 Å². The standard InChI is InChI=1S/C28H34O3S/c1-3-5-6-7-14-23-30-24-19-21-27(22-20-24)32(31-28(29)4-2,25-15-10-8-11-16-25)26-17-12-9-13-18-26/h8-13,15-22H,3-7,14,23H2,1-2H3. The van der Waals surface area contributed by atoms with E-state index in [2.05, 4.69) is 6.92 Å². The lowest BCUT2D eigenvalue weighted by Gasteiger charge is -2.39. The number of benzene rings is 3. The van der Waals surface area contributed by atoms with Crippen molar-refractivity contribution < 1.29 is 13.7 Å². The lowest BCUT2D eigenvalue weighted by atomic mass is 10.2. The molecule has 3 rings (SSSR count). The van der Waals surface area contributed by atoms with Gasteiger partial charge in [0.05, 0.1) is 6.61 Å². The predicted molar refractivity (Wildman–Crippen MR) is 132 cm³/mol. The maximum Gasteiger partial charge on any atom is 0.316 e. The lowest BCUT2D eigenvalue weighted by molar-refractivity contribution is -0.133. The first-order chi connectivity index (χ1) is 15.7. The third-order valence-corrected chi connectivity index (χ3v) is 8.57. The molecule has 0 radical (unpaired) electrons. The monoisotopic (exact) mass is 450 g/mol. The molecule has 0 aliphatic carbocycles. The van der Waals surface area contributed by atoms with Gasteiger partial charge in [0.1, 0.15) is 5.75 Å². The van der Waals surface area contributed by atoms with Gasteiger partial charge in [0.25, 0.3) is 0 Å². The van der Waals surface area contributed by atoms with Crippen molar-refractivity contribution >= 4 is 16.3 Å². The van der Waals surface area contributed by atoms with Gasteiger partial charge < -0.3 is 8.92 Å². The van der Waals surface area contributed by atoms with Gasteiger partial charge in [-0.2, -0.15) is 0 Å². The van der Waals surface area contributed by atoms with Gasteiger partial charge in [-0.1, -0.05) is 75.9 Å². The molecule has 0 saturated heterocycles. The normalized spacial score (nSPS) is 11.7. The van der Waals surface area contributed by atoms with Gasteiger partial charge in [-0.3, -0.25) is 4.79 Å². The van der Waals surface area contributed by atoms with Crippen LogP contribution >= 0.6 is 10.3 Å². The van der Waals surface area contributed by atoms with Crippen LogP contribution in [-0.2, 0) is 8.98 Å². The maximum atomic E-state index is 12.6. The predicted octanol–water partition coefficient (Wildman–Crippen LogP) is 8.19. The summed E-state index contributed by atoms with van der Waals surface area (Å²) in [6, 6.07) is 28.2. The molecule has 0 saturated carbocycles. The van der Waals surface area contributed by atoms with E-state index in [-0.39, 0.29) is 5.97 Å². The molecule has 0 bridgehead atoms. The van der Waals surface area contributed by atoms with Gasteiger partial charge in [0, 0.05) is 21.1 Å². The zero-order valence-corrected chi connectivity index (χ0v) is 20.0. The summed E-state index contributed by atoms with van der Waals surface area (Å²) in [7, 11) is -2.20. The summed E-state index contributed by atoms with van der Waals surface area (Å²) in [5.41, 5.74) is 0. The molecule has 0 fully saturated rings. The van der Waals surface area contributed by atoms with Crippen LogP contribution in [0.4, 0.5) is 0 Å². The molecule has 0 unspecified atom stereocenters. The third kappa shape index (κ3) is 5.95. The van der Waals surface area contributed by atoms with E-state index in [1.165, 1.54) is 25.7 Å². The Kier molecular flexibility index (Phi) is 9.24. The zero-order chi connectivity index (χ0) is 22.7. The highest BCUT2D eigenvalue weighted by Gasteiger charge is 2.35. The van der Waals surface area contributed by atoms with Crippen molar-refractivity contribution in [3.05, 3.63) is 84.9 Å². The largest absolute Gasteiger partial charge is 0.494 e. The summed E-state index contributed by atoms with van der Waals surface area (Å²) in [4.78, 5) is 15.6. The summed E-state index contributed by atoms with van der Waals surface area (Å²) in [6.45, 7) is 4.78. The highest BCUT2D eigenvalue weighted by molar-refractivity contribution is 8.30. The summed E-state index contributed by atoms with van der Waals surface area (Å²) >= 11 is 0. The first-order valence-electron chi connectivity index (χ1n) is 11.6. The Morgan fingerprint density at radius 2 is 1.22 bits per heavy atom. The van der Waals surface area contributed by atoms with Crippen LogP contribution in [0, 0.1) is 0 Å². The van der Waals surface area contributed by atoms with E-state index in [4.69, 9.17) is 8.92 Å². The molecule has 0 aliphatic heterocycles. The minimum absolute atomic E-state index is 0.208. The molecular formula is C28H34O3S. The van der Waals surface area contributed by atoms with Gasteiger partial charge in [0.15, 0.2) is 0 Å². The Labute approximate surface area is 194 Å². The van der Waals surface area contributed by atoms with Crippen LogP contribution in [0.5, 0.6) is 5.75 Å². The van der Waals surface area contributed by atoms with Crippen LogP contribution in [0.2, 0.25) is 0 Å². The number of rotatable bonds is 12. The molecule has 0 atom stereocenters. The highest BCUT2D eigenvalue weighted by atomic mass is 32.3. The molecule has 0 heterocycles. The fourth-order valence-corrected chi connectivity index (χ4v) is 6.70. The van der Waals surface area contributed by atoms with Crippen molar-refractivity contribution in [2.24, 2.45) is 0 Å². The smallest absolute Gasteiger partial charge is 0.316 e. The Morgan fingerprint density at radius 3 is 1.75 bits per heavy atom. The fraction of sp³-hybridized carbons (Fsp3) is 0.321. The summed E-state index contributed by atoms with van der Waals surface area (Å²) in [6.07, 6.45) is 6.40. The molecule has 0 aromatic heterocycles. The molecule has 3 aromatic rings. The summed E-state index contributed by atoms with van der Waals surface area (Å²) in [5, 5.41) is 0. The van der Waals surface area contributed by atoms with Crippen molar-refractivity contribution in [2.45, 2.75) is 67.1 Å². The van der Waals surface area contributed by atoms with Crippen LogP contribution in [-0.4, -0.2) is 12.6 Å². The van der Waals surface area contributed by atoms with Crippen LogP contribution in [0.3, 0.4) is 0 Å². The lowest BCUT2D eigenvalue weighted by Crippen LogP contribution is -2.13. The number of hydrogen-bond donors (Lipinski definition) is 0. The van der Waals surface area contributed by atoms with Gasteiger partial charge >= 0.3 is 5.97 Å². The SMILES string of the molecule is CCCCCCCOc1ccc(S(OC(=O)CC)(c2ccccc2)c2ccccc2)cc1. The second-order valence-electron chi connectivity index (χ2n) is 7.73. The number of unbranched alkanes of at least 4 members (excludes halogenated alkanes) is 4. The minimum Gasteiger partial charge on any atom is -0.494 e. The molecule has 3 nitrogen and oxygen atoms in total. The maximum absolute atomic E-state index is 12.6. The third-order valence-electron chi connectivity index (χ3n) is 5.33. The summed E-state index contributed by atoms with van der Waals surface area (Å²) in [5.74, 6) is 0.639. The molecule has 3 aromatic carbocycles. The molecule has 0 aliphatic rings. The number of hydrogen-bond acceptors (Lipinski definition) is 3. The Bertz CT molecular complexity index is 900. The van der Waals surface area contributed by atoms with Crippen molar-refractivity contribution in [2.75, 3.05) is 6.61 Å². The van der Waals surface area contributed by atoms with E-state index >= 15 is 0 Å². The average molecular weight is 451 g/mol. The second kappa shape index (κ2) is 12.4. The zero-order valence-electron chi connectivity index (χ0n) is 19.2. The van der Waals surface area contributed by atoms with E-state index in [0.717, 1.165) is 33.5 Å². The molecular weight excluding hydrogens is 416 g/mol. The van der Waals surface area contributed by atoms with Crippen molar-refractivity contribution in [3.8, 4) is 5.75 Å². The van der Waals surface area contributed by atoms with E-state index < -0.39 is 10.3 Å². The number of carbonyl (C=O) groups is 1. The van der Waals surface area contributed by atoms with E-state index in [0.29, 0.717) is 6.42 Å². The minimum atomic E-state index is -2.20.